The molecule has 1 aliphatic rings. The van der Waals surface area contributed by atoms with Gasteiger partial charge in [0.25, 0.3) is 0 Å². The van der Waals surface area contributed by atoms with Gasteiger partial charge in [-0.25, -0.2) is 0 Å². The third kappa shape index (κ3) is 6.05. The lowest BCUT2D eigenvalue weighted by molar-refractivity contribution is -0.137. The fourth-order valence-corrected chi connectivity index (χ4v) is 2.57. The summed E-state index contributed by atoms with van der Waals surface area (Å²) in [6, 6.07) is 0.394. The molecule has 0 saturated carbocycles. The van der Waals surface area contributed by atoms with Crippen molar-refractivity contribution in [3.63, 3.8) is 0 Å². The van der Waals surface area contributed by atoms with Crippen LogP contribution in [0.1, 0.15) is 46.0 Å². The zero-order valence-electron chi connectivity index (χ0n) is 12.0. The molecule has 1 fully saturated rings. The molecule has 110 valence electrons. The highest BCUT2D eigenvalue weighted by Crippen LogP contribution is 2.17. The Labute approximate surface area is 115 Å². The molecular formula is C14H26N2O3. The maximum atomic E-state index is 11.6. The molecule has 0 aliphatic carbocycles. The second-order valence-electron chi connectivity index (χ2n) is 5.61. The third-order valence-electron chi connectivity index (χ3n) is 3.68. The molecule has 5 heteroatoms. The van der Waals surface area contributed by atoms with Crippen molar-refractivity contribution >= 4 is 11.9 Å². The van der Waals surface area contributed by atoms with Crippen LogP contribution < -0.4 is 5.32 Å². The molecule has 19 heavy (non-hydrogen) atoms. The maximum Gasteiger partial charge on any atom is 0.303 e. The number of carboxylic acids is 1. The predicted octanol–water partition coefficient (Wildman–Crippen LogP) is 1.48. The van der Waals surface area contributed by atoms with Crippen molar-refractivity contribution in [2.24, 2.45) is 5.92 Å². The van der Waals surface area contributed by atoms with E-state index >= 15 is 0 Å². The Hall–Kier alpha value is -1.10. The SMILES string of the molecule is CC(C)C(CNC(=O)CCCC(=O)O)N1CCCC1. The second-order valence-corrected chi connectivity index (χ2v) is 5.61. The van der Waals surface area contributed by atoms with E-state index in [0.29, 0.717) is 31.3 Å². The highest BCUT2D eigenvalue weighted by atomic mass is 16.4. The van der Waals surface area contributed by atoms with Crippen LogP contribution in [0.15, 0.2) is 0 Å². The molecule has 1 unspecified atom stereocenters. The van der Waals surface area contributed by atoms with Crippen LogP contribution in [0.4, 0.5) is 0 Å². The smallest absolute Gasteiger partial charge is 0.303 e. The molecule has 1 amide bonds. The predicted molar refractivity (Wildman–Crippen MR) is 73.9 cm³/mol. The Bertz CT molecular complexity index is 299. The number of likely N-dealkylation sites (tertiary alicyclic amines) is 1. The van der Waals surface area contributed by atoms with Crippen LogP contribution in [0, 0.1) is 5.92 Å². The van der Waals surface area contributed by atoms with Gasteiger partial charge in [-0.05, 0) is 38.3 Å². The van der Waals surface area contributed by atoms with E-state index in [-0.39, 0.29) is 12.3 Å². The molecule has 0 radical (unpaired) electrons. The van der Waals surface area contributed by atoms with Crippen molar-refractivity contribution in [1.29, 1.82) is 0 Å². The summed E-state index contributed by atoms with van der Waals surface area (Å²) in [7, 11) is 0. The number of carbonyl (C=O) groups excluding carboxylic acids is 1. The first-order chi connectivity index (χ1) is 9.00. The summed E-state index contributed by atoms with van der Waals surface area (Å²) in [4.78, 5) is 24.5. The normalized spacial score (nSPS) is 17.6. The van der Waals surface area contributed by atoms with E-state index in [0.717, 1.165) is 13.1 Å². The standard InChI is InChI=1S/C14H26N2O3/c1-11(2)12(16-8-3-4-9-16)10-15-13(17)6-5-7-14(18)19/h11-12H,3-10H2,1-2H3,(H,15,17)(H,18,19). The number of carbonyl (C=O) groups is 2. The van der Waals surface area contributed by atoms with Gasteiger partial charge in [-0.2, -0.15) is 0 Å². The van der Waals surface area contributed by atoms with Crippen molar-refractivity contribution in [3.8, 4) is 0 Å². The van der Waals surface area contributed by atoms with Crippen molar-refractivity contribution in [3.05, 3.63) is 0 Å². The molecule has 2 N–H and O–H groups in total. The first-order valence-electron chi connectivity index (χ1n) is 7.23. The summed E-state index contributed by atoms with van der Waals surface area (Å²) in [5, 5.41) is 11.5. The molecule has 1 aliphatic heterocycles. The number of aliphatic carboxylic acids is 1. The van der Waals surface area contributed by atoms with Crippen molar-refractivity contribution < 1.29 is 14.7 Å². The van der Waals surface area contributed by atoms with Crippen LogP contribution >= 0.6 is 0 Å². The first kappa shape index (κ1) is 16.0. The zero-order valence-corrected chi connectivity index (χ0v) is 12.0. The minimum absolute atomic E-state index is 0.0360. The summed E-state index contributed by atoms with van der Waals surface area (Å²) in [5.74, 6) is -0.367. The largest absolute Gasteiger partial charge is 0.481 e. The summed E-state index contributed by atoms with van der Waals surface area (Å²) in [6.45, 7) is 7.28. The molecule has 1 saturated heterocycles. The van der Waals surface area contributed by atoms with Crippen molar-refractivity contribution in [1.82, 2.24) is 10.2 Å². The zero-order chi connectivity index (χ0) is 14.3. The lowest BCUT2D eigenvalue weighted by Gasteiger charge is -2.31. The number of hydrogen-bond acceptors (Lipinski definition) is 3. The summed E-state index contributed by atoms with van der Waals surface area (Å²) in [6.07, 6.45) is 3.27. The van der Waals surface area contributed by atoms with Gasteiger partial charge in [-0.1, -0.05) is 13.8 Å². The monoisotopic (exact) mass is 270 g/mol. The molecule has 0 spiro atoms. The van der Waals surface area contributed by atoms with E-state index < -0.39 is 5.97 Å². The number of amides is 1. The Balaban J connectivity index is 2.27. The highest BCUT2D eigenvalue weighted by molar-refractivity contribution is 5.76. The quantitative estimate of drug-likeness (QED) is 0.701. The highest BCUT2D eigenvalue weighted by Gasteiger charge is 2.24. The van der Waals surface area contributed by atoms with Crippen LogP contribution in [0.25, 0.3) is 0 Å². The second kappa shape index (κ2) is 8.15. The van der Waals surface area contributed by atoms with Crippen molar-refractivity contribution in [2.75, 3.05) is 19.6 Å². The summed E-state index contributed by atoms with van der Waals surface area (Å²) < 4.78 is 0. The molecule has 1 heterocycles. The molecular weight excluding hydrogens is 244 g/mol. The van der Waals surface area contributed by atoms with Gasteiger partial charge >= 0.3 is 5.97 Å². The topological polar surface area (TPSA) is 69.6 Å². The number of nitrogens with one attached hydrogen (secondary N) is 1. The van der Waals surface area contributed by atoms with Crippen LogP contribution in [-0.2, 0) is 9.59 Å². The van der Waals surface area contributed by atoms with E-state index in [4.69, 9.17) is 5.11 Å². The molecule has 0 aromatic heterocycles. The Morgan fingerprint density at radius 1 is 1.21 bits per heavy atom. The number of nitrogens with zero attached hydrogens (tertiary/aromatic N) is 1. The Morgan fingerprint density at radius 3 is 2.37 bits per heavy atom. The van der Waals surface area contributed by atoms with Crippen LogP contribution in [-0.4, -0.2) is 47.6 Å². The Morgan fingerprint density at radius 2 is 1.84 bits per heavy atom. The molecule has 1 atom stereocenters. The van der Waals surface area contributed by atoms with Crippen LogP contribution in [0.2, 0.25) is 0 Å². The van der Waals surface area contributed by atoms with Gasteiger partial charge in [0.15, 0.2) is 0 Å². The lowest BCUT2D eigenvalue weighted by atomic mass is 10.0. The van der Waals surface area contributed by atoms with Gasteiger partial charge in [-0.15, -0.1) is 0 Å². The fraction of sp³-hybridized carbons (Fsp3) is 0.857. The van der Waals surface area contributed by atoms with Gasteiger partial charge < -0.3 is 10.4 Å². The van der Waals surface area contributed by atoms with E-state index in [1.165, 1.54) is 12.8 Å². The number of rotatable bonds is 8. The van der Waals surface area contributed by atoms with Gasteiger partial charge in [0.05, 0.1) is 0 Å². The lowest BCUT2D eigenvalue weighted by Crippen LogP contribution is -2.45. The van der Waals surface area contributed by atoms with Gasteiger partial charge in [0, 0.05) is 25.4 Å². The third-order valence-corrected chi connectivity index (χ3v) is 3.68. The summed E-state index contributed by atoms with van der Waals surface area (Å²) >= 11 is 0. The minimum atomic E-state index is -0.843. The minimum Gasteiger partial charge on any atom is -0.481 e. The summed E-state index contributed by atoms with van der Waals surface area (Å²) in [5.41, 5.74) is 0. The van der Waals surface area contributed by atoms with E-state index in [9.17, 15) is 9.59 Å². The van der Waals surface area contributed by atoms with E-state index in [2.05, 4.69) is 24.1 Å². The van der Waals surface area contributed by atoms with Crippen LogP contribution in [0.5, 0.6) is 0 Å². The average molecular weight is 270 g/mol. The van der Waals surface area contributed by atoms with Gasteiger partial charge in [0.1, 0.15) is 0 Å². The molecule has 5 nitrogen and oxygen atoms in total. The first-order valence-corrected chi connectivity index (χ1v) is 7.23. The number of hydrogen-bond donors (Lipinski definition) is 2. The maximum absolute atomic E-state index is 11.6. The van der Waals surface area contributed by atoms with Crippen molar-refractivity contribution in [2.45, 2.75) is 52.0 Å². The van der Waals surface area contributed by atoms with E-state index in [1.54, 1.807) is 0 Å². The fourth-order valence-electron chi connectivity index (χ4n) is 2.57. The van der Waals surface area contributed by atoms with Gasteiger partial charge in [0.2, 0.25) is 5.91 Å². The molecule has 0 aromatic carbocycles. The average Bonchev–Trinajstić information content (AvgIpc) is 2.82. The Kier molecular flexibility index (Phi) is 6.84. The molecule has 1 rings (SSSR count). The number of carboxylic acid groups (broad SMARTS) is 1. The van der Waals surface area contributed by atoms with E-state index in [1.807, 2.05) is 0 Å². The molecule has 0 aromatic rings. The van der Waals surface area contributed by atoms with Crippen LogP contribution in [0.3, 0.4) is 0 Å². The molecule has 0 bridgehead atoms. The van der Waals surface area contributed by atoms with Gasteiger partial charge in [-0.3, -0.25) is 14.5 Å².